The zero-order chi connectivity index (χ0) is 56.4. The minimum atomic E-state index is -0.848. The lowest BCUT2D eigenvalue weighted by Gasteiger charge is -2.20. The number of rotatable bonds is 66. The summed E-state index contributed by atoms with van der Waals surface area (Å²) in [6.07, 6.45) is 86.4. The van der Waals surface area contributed by atoms with E-state index in [1.165, 1.54) is 308 Å². The SMILES string of the molecule is CCCCC/C=C\C/C=C\CCCCCCCCCCCC(=O)OCCCCCCCCCCCCCCCCCCCCCC(=O)NC(CO)C(O)/C=C/CCCCCCCCCCCCCCCCCCCCCCC. The molecule has 0 aromatic rings. The first kappa shape index (κ1) is 76.1. The molecule has 3 N–H and O–H groups in total. The van der Waals surface area contributed by atoms with Crippen LogP contribution in [0.25, 0.3) is 0 Å². The molecule has 78 heavy (non-hydrogen) atoms. The summed E-state index contributed by atoms with van der Waals surface area (Å²) < 4.78 is 5.50. The average molecular weight is 1100 g/mol. The molecule has 0 aromatic carbocycles. The van der Waals surface area contributed by atoms with Crippen molar-refractivity contribution in [2.24, 2.45) is 0 Å². The number of hydrogen-bond donors (Lipinski definition) is 3. The number of aliphatic hydroxyl groups excluding tert-OH is 2. The monoisotopic (exact) mass is 1100 g/mol. The molecule has 0 saturated heterocycles. The summed E-state index contributed by atoms with van der Waals surface area (Å²) in [5.41, 5.74) is 0. The number of carbonyl (C=O) groups excluding carboxylic acids is 2. The molecule has 2 unspecified atom stereocenters. The van der Waals surface area contributed by atoms with E-state index in [4.69, 9.17) is 4.74 Å². The molecule has 1 amide bonds. The predicted molar refractivity (Wildman–Crippen MR) is 343 cm³/mol. The Balaban J connectivity index is 3.42. The number of aliphatic hydroxyl groups is 2. The van der Waals surface area contributed by atoms with Crippen molar-refractivity contribution in [1.82, 2.24) is 5.32 Å². The van der Waals surface area contributed by atoms with Gasteiger partial charge >= 0.3 is 5.97 Å². The number of hydrogen-bond acceptors (Lipinski definition) is 5. The summed E-state index contributed by atoms with van der Waals surface area (Å²) >= 11 is 0. The van der Waals surface area contributed by atoms with Crippen molar-refractivity contribution in [2.75, 3.05) is 13.2 Å². The fourth-order valence-corrected chi connectivity index (χ4v) is 11.0. The summed E-state index contributed by atoms with van der Waals surface area (Å²) in [6.45, 7) is 4.91. The number of carbonyl (C=O) groups is 2. The molecule has 0 fully saturated rings. The Morgan fingerprint density at radius 2 is 0.641 bits per heavy atom. The van der Waals surface area contributed by atoms with Gasteiger partial charge in [-0.3, -0.25) is 9.59 Å². The normalized spacial score (nSPS) is 12.7. The van der Waals surface area contributed by atoms with E-state index in [-0.39, 0.29) is 18.5 Å². The fraction of sp³-hybridized carbons (Fsp3) is 0.889. The van der Waals surface area contributed by atoms with Crippen LogP contribution in [0.4, 0.5) is 0 Å². The minimum Gasteiger partial charge on any atom is -0.466 e. The van der Waals surface area contributed by atoms with Gasteiger partial charge in [0, 0.05) is 12.8 Å². The molecule has 0 rings (SSSR count). The number of unbranched alkanes of at least 4 members (excludes halogenated alkanes) is 51. The lowest BCUT2D eigenvalue weighted by atomic mass is 10.0. The van der Waals surface area contributed by atoms with E-state index in [1.54, 1.807) is 6.08 Å². The first-order valence-corrected chi connectivity index (χ1v) is 35.3. The predicted octanol–water partition coefficient (Wildman–Crippen LogP) is 22.7. The Kier molecular flexibility index (Phi) is 65.9. The second-order valence-electron chi connectivity index (χ2n) is 24.2. The van der Waals surface area contributed by atoms with Crippen molar-refractivity contribution < 1.29 is 24.5 Å². The van der Waals surface area contributed by atoms with Crippen molar-refractivity contribution in [1.29, 1.82) is 0 Å². The molecule has 0 radical (unpaired) electrons. The highest BCUT2D eigenvalue weighted by Crippen LogP contribution is 2.19. The van der Waals surface area contributed by atoms with Crippen LogP contribution in [0.2, 0.25) is 0 Å². The highest BCUT2D eigenvalue weighted by Gasteiger charge is 2.18. The maximum atomic E-state index is 12.5. The minimum absolute atomic E-state index is 0.00531. The van der Waals surface area contributed by atoms with Crippen LogP contribution in [0.5, 0.6) is 0 Å². The number of nitrogens with one attached hydrogen (secondary N) is 1. The van der Waals surface area contributed by atoms with Gasteiger partial charge in [-0.1, -0.05) is 346 Å². The van der Waals surface area contributed by atoms with Gasteiger partial charge in [-0.15, -0.1) is 0 Å². The number of allylic oxidation sites excluding steroid dienone is 5. The van der Waals surface area contributed by atoms with Crippen LogP contribution in [0, 0.1) is 0 Å². The topological polar surface area (TPSA) is 95.9 Å². The first-order chi connectivity index (χ1) is 38.5. The Labute approximate surface area is 487 Å². The first-order valence-electron chi connectivity index (χ1n) is 35.3. The summed E-state index contributed by atoms with van der Waals surface area (Å²) in [5.74, 6) is -0.0617. The second-order valence-corrected chi connectivity index (χ2v) is 24.2. The van der Waals surface area contributed by atoms with Gasteiger partial charge in [0.2, 0.25) is 5.91 Å². The third kappa shape index (κ3) is 63.3. The van der Waals surface area contributed by atoms with Crippen LogP contribution in [0.15, 0.2) is 36.5 Å². The van der Waals surface area contributed by atoms with Crippen LogP contribution >= 0.6 is 0 Å². The number of esters is 1. The van der Waals surface area contributed by atoms with Crippen LogP contribution in [-0.4, -0.2) is 47.4 Å². The van der Waals surface area contributed by atoms with Gasteiger partial charge in [-0.25, -0.2) is 0 Å². The summed E-state index contributed by atoms with van der Waals surface area (Å²) in [6, 6.07) is -0.632. The molecule has 0 spiro atoms. The molecule has 460 valence electrons. The van der Waals surface area contributed by atoms with Gasteiger partial charge in [0.05, 0.1) is 25.4 Å². The van der Waals surface area contributed by atoms with Crippen molar-refractivity contribution in [3.63, 3.8) is 0 Å². The Morgan fingerprint density at radius 1 is 0.359 bits per heavy atom. The van der Waals surface area contributed by atoms with Gasteiger partial charge in [0.25, 0.3) is 0 Å². The smallest absolute Gasteiger partial charge is 0.305 e. The molecular formula is C72H137NO5. The molecule has 0 aliphatic carbocycles. The van der Waals surface area contributed by atoms with Crippen molar-refractivity contribution in [3.05, 3.63) is 36.5 Å². The van der Waals surface area contributed by atoms with E-state index >= 15 is 0 Å². The quantitative estimate of drug-likeness (QED) is 0.0320. The molecule has 0 heterocycles. The standard InChI is InChI=1S/C72H137NO5/c1-3-5-7-9-11-13-15-17-19-21-23-24-25-26-29-32-36-40-44-48-52-56-60-64-70(75)69(68-74)73-71(76)65-61-57-53-49-45-41-37-33-30-27-31-35-39-43-47-51-55-59-63-67-78-72(77)66-62-58-54-50-46-42-38-34-28-22-20-18-16-14-12-10-8-6-4-2/h12,14,18,20,60,64,69-70,74-75H,3-11,13,15-17,19,21-59,61-63,65-68H2,1-2H3,(H,73,76)/b14-12-,20-18-,64-60+. The molecule has 0 aliphatic heterocycles. The number of amides is 1. The molecule has 0 aliphatic rings. The lowest BCUT2D eigenvalue weighted by Crippen LogP contribution is -2.45. The second kappa shape index (κ2) is 67.6. The van der Waals surface area contributed by atoms with Gasteiger partial charge < -0.3 is 20.3 Å². The number of ether oxygens (including phenoxy) is 1. The van der Waals surface area contributed by atoms with Crippen LogP contribution < -0.4 is 5.32 Å². The van der Waals surface area contributed by atoms with Gasteiger partial charge in [0.15, 0.2) is 0 Å². The van der Waals surface area contributed by atoms with E-state index in [9.17, 15) is 19.8 Å². The van der Waals surface area contributed by atoms with Crippen molar-refractivity contribution >= 4 is 11.9 Å². The molecule has 6 nitrogen and oxygen atoms in total. The summed E-state index contributed by atoms with van der Waals surface area (Å²) in [5, 5.41) is 23.3. The Morgan fingerprint density at radius 3 is 1.00 bits per heavy atom. The van der Waals surface area contributed by atoms with Crippen LogP contribution in [0.3, 0.4) is 0 Å². The van der Waals surface area contributed by atoms with Crippen molar-refractivity contribution in [3.8, 4) is 0 Å². The third-order valence-corrected chi connectivity index (χ3v) is 16.4. The molecule has 0 saturated carbocycles. The van der Waals surface area contributed by atoms with E-state index in [1.807, 2.05) is 6.08 Å². The summed E-state index contributed by atoms with van der Waals surface area (Å²) in [4.78, 5) is 24.6. The molecule has 2 atom stereocenters. The molecule has 0 aromatic heterocycles. The summed E-state index contributed by atoms with van der Waals surface area (Å²) in [7, 11) is 0. The fourth-order valence-electron chi connectivity index (χ4n) is 11.0. The molecular weight excluding hydrogens is 959 g/mol. The van der Waals surface area contributed by atoms with Gasteiger partial charge in [0.1, 0.15) is 0 Å². The van der Waals surface area contributed by atoms with Gasteiger partial charge in [-0.2, -0.15) is 0 Å². The maximum Gasteiger partial charge on any atom is 0.305 e. The van der Waals surface area contributed by atoms with Crippen LogP contribution in [-0.2, 0) is 14.3 Å². The van der Waals surface area contributed by atoms with Gasteiger partial charge in [-0.05, 0) is 64.2 Å². The van der Waals surface area contributed by atoms with Crippen molar-refractivity contribution in [2.45, 2.75) is 398 Å². The Bertz CT molecular complexity index is 1260. The maximum absolute atomic E-state index is 12.5. The third-order valence-electron chi connectivity index (χ3n) is 16.4. The zero-order valence-electron chi connectivity index (χ0n) is 52.7. The largest absolute Gasteiger partial charge is 0.466 e. The van der Waals surface area contributed by atoms with E-state index < -0.39 is 12.1 Å². The average Bonchev–Trinajstić information content (AvgIpc) is 3.44. The Hall–Kier alpha value is -1.92. The highest BCUT2D eigenvalue weighted by molar-refractivity contribution is 5.76. The van der Waals surface area contributed by atoms with E-state index in [0.717, 1.165) is 51.4 Å². The van der Waals surface area contributed by atoms with E-state index in [2.05, 4.69) is 43.5 Å². The molecule has 0 bridgehead atoms. The highest BCUT2D eigenvalue weighted by atomic mass is 16.5. The zero-order valence-corrected chi connectivity index (χ0v) is 52.7. The van der Waals surface area contributed by atoms with Crippen LogP contribution in [0.1, 0.15) is 386 Å². The lowest BCUT2D eigenvalue weighted by molar-refractivity contribution is -0.143. The van der Waals surface area contributed by atoms with E-state index in [0.29, 0.717) is 19.4 Å². The molecule has 6 heteroatoms.